The summed E-state index contributed by atoms with van der Waals surface area (Å²) in [5, 5.41) is 3.95. The maximum absolute atomic E-state index is 13.2. The Kier molecular flexibility index (Phi) is 7.99. The molecule has 0 radical (unpaired) electrons. The van der Waals surface area contributed by atoms with Crippen LogP contribution in [0.25, 0.3) is 0 Å². The zero-order valence-corrected chi connectivity index (χ0v) is 18.5. The highest BCUT2D eigenvalue weighted by atomic mass is 32.2. The lowest BCUT2D eigenvalue weighted by Gasteiger charge is -2.23. The largest absolute Gasteiger partial charge is 0.494 e. The molecule has 0 saturated heterocycles. The summed E-state index contributed by atoms with van der Waals surface area (Å²) in [6.07, 6.45) is 2.41. The number of nitrogens with zero attached hydrogens (tertiary/aromatic N) is 2. The predicted octanol–water partition coefficient (Wildman–Crippen LogP) is 3.82. The average molecular weight is 452 g/mol. The van der Waals surface area contributed by atoms with Gasteiger partial charge in [-0.3, -0.25) is 9.10 Å². The number of hydrogen-bond donors (Lipinski definition) is 1. The van der Waals surface area contributed by atoms with Gasteiger partial charge in [0.15, 0.2) is 0 Å². The van der Waals surface area contributed by atoms with Crippen molar-refractivity contribution in [2.24, 2.45) is 5.10 Å². The van der Waals surface area contributed by atoms with Crippen LogP contribution in [0.3, 0.4) is 0 Å². The van der Waals surface area contributed by atoms with Crippen LogP contribution in [0.15, 0.2) is 94.9 Å². The summed E-state index contributed by atoms with van der Waals surface area (Å²) < 4.78 is 32.9. The molecule has 0 aromatic heterocycles. The van der Waals surface area contributed by atoms with Gasteiger partial charge in [0.1, 0.15) is 12.3 Å². The second kappa shape index (κ2) is 11.1. The molecule has 166 valence electrons. The molecule has 3 rings (SSSR count). The van der Waals surface area contributed by atoms with Crippen molar-refractivity contribution < 1.29 is 17.9 Å². The van der Waals surface area contributed by atoms with Gasteiger partial charge in [-0.2, -0.15) is 5.10 Å². The first-order valence-electron chi connectivity index (χ1n) is 10.2. The van der Waals surface area contributed by atoms with Crippen molar-refractivity contribution in [3.8, 4) is 5.75 Å². The fourth-order valence-corrected chi connectivity index (χ4v) is 4.29. The van der Waals surface area contributed by atoms with E-state index in [1.165, 1.54) is 18.3 Å². The Bertz CT molecular complexity index is 1130. The molecule has 0 aliphatic carbocycles. The van der Waals surface area contributed by atoms with E-state index in [0.717, 1.165) is 22.0 Å². The number of hydrogen-bond acceptors (Lipinski definition) is 5. The molecule has 0 bridgehead atoms. The van der Waals surface area contributed by atoms with E-state index in [4.69, 9.17) is 4.74 Å². The number of nitrogens with one attached hydrogen (secondary N) is 1. The molecule has 0 atom stereocenters. The lowest BCUT2D eigenvalue weighted by atomic mass is 10.2. The van der Waals surface area contributed by atoms with Crippen LogP contribution in [0.4, 0.5) is 5.69 Å². The number of hydrazone groups is 1. The molecule has 0 fully saturated rings. The van der Waals surface area contributed by atoms with Crippen LogP contribution in [-0.4, -0.2) is 33.7 Å². The molecule has 0 spiro atoms. The number of carbonyl (C=O) groups is 1. The zero-order valence-electron chi connectivity index (χ0n) is 17.7. The number of amides is 1. The SMILES string of the molecule is CCCOc1ccc(/C=N/NC(=O)CN(c2ccccc2)S(=O)(=O)c2ccccc2)cc1. The van der Waals surface area contributed by atoms with Crippen molar-refractivity contribution in [2.75, 3.05) is 17.5 Å². The maximum Gasteiger partial charge on any atom is 0.264 e. The maximum atomic E-state index is 13.2. The third-order valence-corrected chi connectivity index (χ3v) is 6.21. The second-order valence-corrected chi connectivity index (χ2v) is 8.73. The minimum atomic E-state index is -3.93. The summed E-state index contributed by atoms with van der Waals surface area (Å²) in [7, 11) is -3.93. The number of carbonyl (C=O) groups excluding carboxylic acids is 1. The van der Waals surface area contributed by atoms with Gasteiger partial charge in [0.25, 0.3) is 15.9 Å². The van der Waals surface area contributed by atoms with Crippen LogP contribution in [0.1, 0.15) is 18.9 Å². The first-order valence-corrected chi connectivity index (χ1v) is 11.6. The fraction of sp³-hybridized carbons (Fsp3) is 0.167. The monoisotopic (exact) mass is 451 g/mol. The fourth-order valence-electron chi connectivity index (χ4n) is 2.84. The Morgan fingerprint density at radius 2 is 1.59 bits per heavy atom. The van der Waals surface area contributed by atoms with Crippen molar-refractivity contribution in [3.63, 3.8) is 0 Å². The van der Waals surface area contributed by atoms with Gasteiger partial charge in [-0.05, 0) is 60.5 Å². The van der Waals surface area contributed by atoms with Gasteiger partial charge < -0.3 is 4.74 Å². The molecule has 1 N–H and O–H groups in total. The Morgan fingerprint density at radius 1 is 0.969 bits per heavy atom. The Labute approximate surface area is 188 Å². The predicted molar refractivity (Wildman–Crippen MR) is 125 cm³/mol. The van der Waals surface area contributed by atoms with Crippen molar-refractivity contribution in [3.05, 3.63) is 90.5 Å². The van der Waals surface area contributed by atoms with E-state index in [-0.39, 0.29) is 4.90 Å². The summed E-state index contributed by atoms with van der Waals surface area (Å²) in [4.78, 5) is 12.6. The second-order valence-electron chi connectivity index (χ2n) is 6.87. The van der Waals surface area contributed by atoms with Crippen molar-refractivity contribution in [1.82, 2.24) is 5.43 Å². The Hall–Kier alpha value is -3.65. The van der Waals surface area contributed by atoms with E-state index in [1.54, 1.807) is 48.5 Å². The van der Waals surface area contributed by atoms with E-state index in [9.17, 15) is 13.2 Å². The van der Waals surface area contributed by atoms with Gasteiger partial charge in [0.2, 0.25) is 0 Å². The number of anilines is 1. The van der Waals surface area contributed by atoms with Crippen LogP contribution >= 0.6 is 0 Å². The van der Waals surface area contributed by atoms with Gasteiger partial charge in [0.05, 0.1) is 23.4 Å². The minimum absolute atomic E-state index is 0.102. The highest BCUT2D eigenvalue weighted by molar-refractivity contribution is 7.92. The summed E-state index contributed by atoms with van der Waals surface area (Å²) in [6.45, 7) is 2.27. The number of benzene rings is 3. The average Bonchev–Trinajstić information content (AvgIpc) is 2.83. The normalized spacial score (nSPS) is 11.3. The van der Waals surface area contributed by atoms with Crippen molar-refractivity contribution in [1.29, 1.82) is 0 Å². The van der Waals surface area contributed by atoms with E-state index in [1.807, 2.05) is 31.2 Å². The van der Waals surface area contributed by atoms with Gasteiger partial charge >= 0.3 is 0 Å². The molecule has 32 heavy (non-hydrogen) atoms. The van der Waals surface area contributed by atoms with E-state index in [0.29, 0.717) is 12.3 Å². The zero-order chi connectivity index (χ0) is 22.8. The van der Waals surface area contributed by atoms with E-state index < -0.39 is 22.5 Å². The number of ether oxygens (including phenoxy) is 1. The molecule has 3 aromatic carbocycles. The van der Waals surface area contributed by atoms with Crippen LogP contribution in [-0.2, 0) is 14.8 Å². The van der Waals surface area contributed by atoms with Gasteiger partial charge in [-0.25, -0.2) is 13.8 Å². The van der Waals surface area contributed by atoms with Gasteiger partial charge in [-0.15, -0.1) is 0 Å². The molecule has 0 aliphatic heterocycles. The number of sulfonamides is 1. The first-order chi connectivity index (χ1) is 15.5. The molecule has 3 aromatic rings. The smallest absolute Gasteiger partial charge is 0.264 e. The topological polar surface area (TPSA) is 88.1 Å². The molecule has 0 saturated carbocycles. The molecule has 1 amide bonds. The molecular weight excluding hydrogens is 426 g/mol. The Balaban J connectivity index is 1.70. The van der Waals surface area contributed by atoms with E-state index in [2.05, 4.69) is 10.5 Å². The first kappa shape index (κ1) is 23.0. The standard InChI is InChI=1S/C24H25N3O4S/c1-2-17-31-22-15-13-20(14-16-22)18-25-26-24(28)19-27(21-9-5-3-6-10-21)32(29,30)23-11-7-4-8-12-23/h3-16,18H,2,17,19H2,1H3,(H,26,28)/b25-18+. The van der Waals surface area contributed by atoms with Crippen LogP contribution in [0.2, 0.25) is 0 Å². The molecule has 8 heteroatoms. The summed E-state index contributed by atoms with van der Waals surface area (Å²) >= 11 is 0. The summed E-state index contributed by atoms with van der Waals surface area (Å²) in [5.41, 5.74) is 3.55. The highest BCUT2D eigenvalue weighted by Crippen LogP contribution is 2.23. The van der Waals surface area contributed by atoms with E-state index >= 15 is 0 Å². The molecule has 7 nitrogen and oxygen atoms in total. The number of para-hydroxylation sites is 1. The summed E-state index contributed by atoms with van der Waals surface area (Å²) in [6, 6.07) is 23.8. The minimum Gasteiger partial charge on any atom is -0.494 e. The van der Waals surface area contributed by atoms with Crippen molar-refractivity contribution >= 4 is 27.8 Å². The highest BCUT2D eigenvalue weighted by Gasteiger charge is 2.26. The number of rotatable bonds is 10. The lowest BCUT2D eigenvalue weighted by molar-refractivity contribution is -0.119. The Morgan fingerprint density at radius 3 is 2.22 bits per heavy atom. The third-order valence-electron chi connectivity index (χ3n) is 4.42. The van der Waals surface area contributed by atoms with Crippen LogP contribution < -0.4 is 14.5 Å². The van der Waals surface area contributed by atoms with Gasteiger partial charge in [0, 0.05) is 0 Å². The van der Waals surface area contributed by atoms with Gasteiger partial charge in [-0.1, -0.05) is 43.3 Å². The van der Waals surface area contributed by atoms with Crippen LogP contribution in [0.5, 0.6) is 5.75 Å². The molecule has 0 unspecified atom stereocenters. The molecule has 0 aliphatic rings. The van der Waals surface area contributed by atoms with Crippen LogP contribution in [0, 0.1) is 0 Å². The quantitative estimate of drug-likeness (QED) is 0.375. The molecule has 0 heterocycles. The third kappa shape index (κ3) is 6.18. The molecular formula is C24H25N3O4S. The van der Waals surface area contributed by atoms with Crippen molar-refractivity contribution in [2.45, 2.75) is 18.2 Å². The summed E-state index contributed by atoms with van der Waals surface area (Å²) in [5.74, 6) is 0.199. The lowest BCUT2D eigenvalue weighted by Crippen LogP contribution is -2.39.